The molecular formula is C13H14ClN3O2. The van der Waals surface area contributed by atoms with Crippen LogP contribution in [-0.2, 0) is 4.79 Å². The molecular weight excluding hydrogens is 266 g/mol. The highest BCUT2D eigenvalue weighted by molar-refractivity contribution is 6.32. The highest BCUT2D eigenvalue weighted by atomic mass is 35.5. The fourth-order valence-electron chi connectivity index (χ4n) is 1.62. The number of nitrogens with one attached hydrogen (secondary N) is 1. The van der Waals surface area contributed by atoms with E-state index in [9.17, 15) is 4.79 Å². The Labute approximate surface area is 116 Å². The molecule has 0 aliphatic rings. The number of hydrogen-bond acceptors (Lipinski definition) is 3. The lowest BCUT2D eigenvalue weighted by Gasteiger charge is -2.14. The van der Waals surface area contributed by atoms with Crippen LogP contribution < -0.4 is 10.1 Å². The number of anilines is 1. The summed E-state index contributed by atoms with van der Waals surface area (Å²) in [4.78, 5) is 16.0. The van der Waals surface area contributed by atoms with E-state index in [0.29, 0.717) is 16.5 Å². The first-order valence-corrected chi connectivity index (χ1v) is 6.11. The molecule has 1 unspecified atom stereocenters. The number of amides is 1. The van der Waals surface area contributed by atoms with E-state index in [1.54, 1.807) is 55.5 Å². The maximum absolute atomic E-state index is 12.0. The normalized spacial score (nSPS) is 11.9. The van der Waals surface area contributed by atoms with Crippen molar-refractivity contribution in [2.24, 2.45) is 0 Å². The highest BCUT2D eigenvalue weighted by Gasteiger charge is 2.14. The average molecular weight is 280 g/mol. The van der Waals surface area contributed by atoms with Gasteiger partial charge < -0.3 is 14.6 Å². The molecule has 100 valence electrons. The molecule has 0 aliphatic carbocycles. The third-order valence-corrected chi connectivity index (χ3v) is 3.07. The van der Waals surface area contributed by atoms with Crippen LogP contribution in [0.2, 0.25) is 5.02 Å². The smallest absolute Gasteiger partial charge is 0.247 e. The molecule has 1 amide bonds. The van der Waals surface area contributed by atoms with E-state index in [-0.39, 0.29) is 11.9 Å². The van der Waals surface area contributed by atoms with Crippen molar-refractivity contribution in [1.82, 2.24) is 9.55 Å². The van der Waals surface area contributed by atoms with Gasteiger partial charge in [-0.3, -0.25) is 4.79 Å². The molecule has 1 aromatic carbocycles. The third-order valence-electron chi connectivity index (χ3n) is 2.77. The van der Waals surface area contributed by atoms with E-state index in [4.69, 9.17) is 16.3 Å². The molecule has 19 heavy (non-hydrogen) atoms. The molecule has 0 saturated carbocycles. The molecule has 0 saturated heterocycles. The summed E-state index contributed by atoms with van der Waals surface area (Å²) in [7, 11) is 1.54. The van der Waals surface area contributed by atoms with Crippen LogP contribution in [0.25, 0.3) is 0 Å². The fourth-order valence-corrected chi connectivity index (χ4v) is 1.88. The first-order chi connectivity index (χ1) is 9.11. The second-order valence-corrected chi connectivity index (χ2v) is 4.43. The van der Waals surface area contributed by atoms with E-state index in [1.165, 1.54) is 0 Å². The average Bonchev–Trinajstić information content (AvgIpc) is 2.92. The fraction of sp³-hybridized carbons (Fsp3) is 0.231. The van der Waals surface area contributed by atoms with Crippen LogP contribution >= 0.6 is 11.6 Å². The zero-order chi connectivity index (χ0) is 13.8. The van der Waals surface area contributed by atoms with Crippen LogP contribution in [0.4, 0.5) is 5.69 Å². The predicted octanol–water partition coefficient (Wildman–Crippen LogP) is 2.74. The lowest BCUT2D eigenvalue weighted by atomic mass is 10.2. The quantitative estimate of drug-likeness (QED) is 0.936. The largest absolute Gasteiger partial charge is 0.495 e. The van der Waals surface area contributed by atoms with Crippen molar-refractivity contribution < 1.29 is 9.53 Å². The summed E-state index contributed by atoms with van der Waals surface area (Å²) in [6.45, 7) is 1.79. The van der Waals surface area contributed by atoms with Crippen molar-refractivity contribution in [2.75, 3.05) is 12.4 Å². The number of carbonyl (C=O) groups is 1. The van der Waals surface area contributed by atoms with Crippen LogP contribution in [0, 0.1) is 0 Å². The number of ether oxygens (including phenoxy) is 1. The molecule has 0 fully saturated rings. The Kier molecular flexibility index (Phi) is 4.06. The number of nitrogens with zero attached hydrogens (tertiary/aromatic N) is 2. The Hall–Kier alpha value is -2.01. The summed E-state index contributed by atoms with van der Waals surface area (Å²) < 4.78 is 6.78. The van der Waals surface area contributed by atoms with Gasteiger partial charge in [-0.15, -0.1) is 0 Å². The van der Waals surface area contributed by atoms with E-state index in [0.717, 1.165) is 0 Å². The zero-order valence-corrected chi connectivity index (χ0v) is 11.4. The maximum Gasteiger partial charge on any atom is 0.247 e. The maximum atomic E-state index is 12.0. The number of hydrogen-bond donors (Lipinski definition) is 1. The Bertz CT molecular complexity index is 569. The molecule has 0 spiro atoms. The van der Waals surface area contributed by atoms with Gasteiger partial charge in [0.1, 0.15) is 11.8 Å². The van der Waals surface area contributed by atoms with Crippen LogP contribution in [-0.4, -0.2) is 22.6 Å². The minimum absolute atomic E-state index is 0.140. The molecule has 2 aromatic rings. The van der Waals surface area contributed by atoms with Crippen molar-refractivity contribution >= 4 is 23.2 Å². The summed E-state index contributed by atoms with van der Waals surface area (Å²) in [5, 5.41) is 3.25. The van der Waals surface area contributed by atoms with Gasteiger partial charge >= 0.3 is 0 Å². The molecule has 0 bridgehead atoms. The first kappa shape index (κ1) is 13.4. The van der Waals surface area contributed by atoms with E-state index in [2.05, 4.69) is 10.3 Å². The Morgan fingerprint density at radius 3 is 2.89 bits per heavy atom. The molecule has 2 rings (SSSR count). The molecule has 0 radical (unpaired) electrons. The second-order valence-electron chi connectivity index (χ2n) is 4.02. The summed E-state index contributed by atoms with van der Waals surface area (Å²) in [6.07, 6.45) is 4.98. The van der Waals surface area contributed by atoms with Crippen molar-refractivity contribution in [2.45, 2.75) is 13.0 Å². The van der Waals surface area contributed by atoms with Gasteiger partial charge in [-0.1, -0.05) is 11.6 Å². The lowest BCUT2D eigenvalue weighted by molar-refractivity contribution is -0.118. The first-order valence-electron chi connectivity index (χ1n) is 5.73. The number of carbonyl (C=O) groups excluding carboxylic acids is 1. The zero-order valence-electron chi connectivity index (χ0n) is 10.6. The summed E-state index contributed by atoms with van der Waals surface area (Å²) in [6, 6.07) is 4.76. The van der Waals surface area contributed by atoms with E-state index < -0.39 is 0 Å². The van der Waals surface area contributed by atoms with E-state index in [1.807, 2.05) is 0 Å². The van der Waals surface area contributed by atoms with Crippen molar-refractivity contribution in [3.63, 3.8) is 0 Å². The standard InChI is InChI=1S/C13H14ClN3O2/c1-9(17-6-5-15-8-17)13(18)16-10-3-4-12(19-2)11(14)7-10/h3-9H,1-2H3,(H,16,18). The van der Waals surface area contributed by atoms with Gasteiger partial charge in [0.05, 0.1) is 18.5 Å². The summed E-state index contributed by atoms with van der Waals surface area (Å²) in [5.41, 5.74) is 0.628. The SMILES string of the molecule is COc1ccc(NC(=O)C(C)n2ccnc2)cc1Cl. The minimum Gasteiger partial charge on any atom is -0.495 e. The Balaban J connectivity index is 2.09. The molecule has 5 nitrogen and oxygen atoms in total. The predicted molar refractivity (Wildman–Crippen MR) is 73.6 cm³/mol. The molecule has 6 heteroatoms. The third kappa shape index (κ3) is 3.06. The molecule has 0 aliphatic heterocycles. The molecule has 1 atom stereocenters. The Morgan fingerprint density at radius 2 is 2.32 bits per heavy atom. The topological polar surface area (TPSA) is 56.1 Å². The number of rotatable bonds is 4. The minimum atomic E-state index is -0.344. The monoisotopic (exact) mass is 279 g/mol. The molecule has 1 N–H and O–H groups in total. The highest BCUT2D eigenvalue weighted by Crippen LogP contribution is 2.27. The van der Waals surface area contributed by atoms with Crippen molar-refractivity contribution in [3.05, 3.63) is 41.9 Å². The van der Waals surface area contributed by atoms with Gasteiger partial charge in [0.2, 0.25) is 5.91 Å². The van der Waals surface area contributed by atoms with Crippen LogP contribution in [0.3, 0.4) is 0 Å². The number of aromatic nitrogens is 2. The van der Waals surface area contributed by atoms with Gasteiger partial charge in [0, 0.05) is 18.1 Å². The van der Waals surface area contributed by atoms with Gasteiger partial charge in [-0.05, 0) is 25.1 Å². The number of halogens is 1. The van der Waals surface area contributed by atoms with Gasteiger partial charge in [0.15, 0.2) is 0 Å². The Morgan fingerprint density at radius 1 is 1.53 bits per heavy atom. The van der Waals surface area contributed by atoms with Crippen LogP contribution in [0.5, 0.6) is 5.75 Å². The van der Waals surface area contributed by atoms with Gasteiger partial charge in [0.25, 0.3) is 0 Å². The van der Waals surface area contributed by atoms with Gasteiger partial charge in [-0.2, -0.15) is 0 Å². The van der Waals surface area contributed by atoms with Crippen molar-refractivity contribution in [3.8, 4) is 5.75 Å². The summed E-state index contributed by atoms with van der Waals surface area (Å²) >= 11 is 6.00. The lowest BCUT2D eigenvalue weighted by Crippen LogP contribution is -2.22. The van der Waals surface area contributed by atoms with Crippen LogP contribution in [0.1, 0.15) is 13.0 Å². The second kappa shape index (κ2) is 5.75. The molecule has 1 heterocycles. The van der Waals surface area contributed by atoms with Gasteiger partial charge in [-0.25, -0.2) is 4.98 Å². The number of benzene rings is 1. The van der Waals surface area contributed by atoms with E-state index >= 15 is 0 Å². The summed E-state index contributed by atoms with van der Waals surface area (Å²) in [5.74, 6) is 0.432. The number of methoxy groups -OCH3 is 1. The van der Waals surface area contributed by atoms with Crippen LogP contribution in [0.15, 0.2) is 36.9 Å². The number of imidazole rings is 1. The van der Waals surface area contributed by atoms with Crippen molar-refractivity contribution in [1.29, 1.82) is 0 Å². The molecule has 1 aromatic heterocycles.